The number of fused-ring (bicyclic) bond motifs is 1. The number of thiazole rings is 1. The van der Waals surface area contributed by atoms with E-state index in [4.69, 9.17) is 21.7 Å². The summed E-state index contributed by atoms with van der Waals surface area (Å²) in [6, 6.07) is 5.52. The maximum Gasteiger partial charge on any atom is 0.212 e. The molecule has 1 aliphatic heterocycles. The lowest BCUT2D eigenvalue weighted by molar-refractivity contribution is 0.171. The Bertz CT molecular complexity index is 793. The Hall–Kier alpha value is -1.86. The maximum atomic E-state index is 10.3. The van der Waals surface area contributed by atoms with Crippen molar-refractivity contribution in [2.45, 2.75) is 20.4 Å². The van der Waals surface area contributed by atoms with Crippen LogP contribution in [0, 0.1) is 9.87 Å². The first-order valence-electron chi connectivity index (χ1n) is 7.41. The molecule has 1 aromatic heterocycles. The van der Waals surface area contributed by atoms with Gasteiger partial charge in [0.25, 0.3) is 0 Å². The van der Waals surface area contributed by atoms with Gasteiger partial charge in [0.05, 0.1) is 11.9 Å². The van der Waals surface area contributed by atoms with E-state index >= 15 is 0 Å². The molecule has 1 aliphatic rings. The summed E-state index contributed by atoms with van der Waals surface area (Å²) in [7, 11) is 0. The third kappa shape index (κ3) is 3.56. The minimum atomic E-state index is 0.176. The molecule has 23 heavy (non-hydrogen) atoms. The lowest BCUT2D eigenvalue weighted by Gasteiger charge is -2.18. The molecule has 0 aliphatic carbocycles. The number of hydrogen-bond acceptors (Lipinski definition) is 6. The summed E-state index contributed by atoms with van der Waals surface area (Å²) in [5.41, 5.74) is 0.739. The van der Waals surface area contributed by atoms with Crippen LogP contribution in [-0.2, 0) is 6.54 Å². The van der Waals surface area contributed by atoms with E-state index in [2.05, 4.69) is 18.8 Å². The molecular formula is C16H18N2O3S2. The van der Waals surface area contributed by atoms with E-state index < -0.39 is 0 Å². The summed E-state index contributed by atoms with van der Waals surface area (Å²) in [4.78, 5) is 5.07. The van der Waals surface area contributed by atoms with Crippen LogP contribution >= 0.6 is 23.6 Å². The first kappa shape index (κ1) is 16.0. The summed E-state index contributed by atoms with van der Waals surface area (Å²) < 4.78 is 13.4. The molecule has 2 heterocycles. The van der Waals surface area contributed by atoms with E-state index in [1.165, 1.54) is 11.3 Å². The number of aromatic nitrogens is 1. The number of aliphatic imine (C=N–C) groups is 1. The van der Waals surface area contributed by atoms with Crippen molar-refractivity contribution in [2.24, 2.45) is 10.9 Å². The highest BCUT2D eigenvalue weighted by atomic mass is 32.1. The van der Waals surface area contributed by atoms with Crippen molar-refractivity contribution >= 4 is 35.5 Å². The minimum absolute atomic E-state index is 0.176. The molecule has 0 atom stereocenters. The normalized spacial score (nSPS) is 13.9. The van der Waals surface area contributed by atoms with E-state index in [0.717, 1.165) is 11.4 Å². The second kappa shape index (κ2) is 6.72. The molecule has 0 saturated carbocycles. The molecule has 0 amide bonds. The van der Waals surface area contributed by atoms with Crippen LogP contribution in [0.4, 0.5) is 5.69 Å². The van der Waals surface area contributed by atoms with Gasteiger partial charge >= 0.3 is 0 Å². The fraction of sp³-hybridized carbons (Fsp3) is 0.375. The van der Waals surface area contributed by atoms with Gasteiger partial charge in [-0.2, -0.15) is 0 Å². The van der Waals surface area contributed by atoms with Gasteiger partial charge in [0.1, 0.15) is 18.1 Å². The molecule has 0 saturated heterocycles. The van der Waals surface area contributed by atoms with Gasteiger partial charge in [-0.15, -0.1) is 0 Å². The van der Waals surface area contributed by atoms with Crippen LogP contribution in [0.1, 0.15) is 18.7 Å². The molecule has 3 rings (SSSR count). The molecule has 7 heteroatoms. The quantitative estimate of drug-likeness (QED) is 0.664. The van der Waals surface area contributed by atoms with Gasteiger partial charge in [0.15, 0.2) is 15.5 Å². The van der Waals surface area contributed by atoms with E-state index in [1.807, 2.05) is 18.2 Å². The first-order valence-corrected chi connectivity index (χ1v) is 8.63. The number of benzene rings is 1. The lowest BCUT2D eigenvalue weighted by atomic mass is 10.2. The molecule has 0 fully saturated rings. The van der Waals surface area contributed by atoms with Crippen LogP contribution in [-0.4, -0.2) is 29.1 Å². The summed E-state index contributed by atoms with van der Waals surface area (Å²) in [5.74, 6) is 2.01. The zero-order chi connectivity index (χ0) is 16.4. The van der Waals surface area contributed by atoms with Gasteiger partial charge in [-0.05, 0) is 30.3 Å². The highest BCUT2D eigenvalue weighted by Crippen LogP contribution is 2.34. The zero-order valence-corrected chi connectivity index (χ0v) is 14.6. The van der Waals surface area contributed by atoms with Crippen LogP contribution in [0.3, 0.4) is 0 Å². The van der Waals surface area contributed by atoms with E-state index in [-0.39, 0.29) is 5.88 Å². The molecule has 0 spiro atoms. The highest BCUT2D eigenvalue weighted by molar-refractivity contribution is 7.73. The second-order valence-electron chi connectivity index (χ2n) is 5.65. The van der Waals surface area contributed by atoms with E-state index in [0.29, 0.717) is 40.3 Å². The van der Waals surface area contributed by atoms with Crippen molar-refractivity contribution < 1.29 is 14.6 Å². The Kier molecular flexibility index (Phi) is 4.68. The first-order chi connectivity index (χ1) is 11.0. The Labute approximate surface area is 143 Å². The van der Waals surface area contributed by atoms with Gasteiger partial charge in [-0.1, -0.05) is 25.2 Å². The van der Waals surface area contributed by atoms with Gasteiger partial charge < -0.3 is 14.6 Å². The zero-order valence-electron chi connectivity index (χ0n) is 13.0. The summed E-state index contributed by atoms with van der Waals surface area (Å²) in [5, 5.41) is 10.3. The van der Waals surface area contributed by atoms with Crippen molar-refractivity contribution in [3.05, 3.63) is 27.0 Å². The predicted octanol–water partition coefficient (Wildman–Crippen LogP) is 4.16. The fourth-order valence-corrected chi connectivity index (χ4v) is 3.47. The number of aromatic hydroxyl groups is 1. The summed E-state index contributed by atoms with van der Waals surface area (Å²) in [6.07, 6.45) is 1.64. The highest BCUT2D eigenvalue weighted by Gasteiger charge is 2.13. The number of ether oxygens (including phenoxy) is 2. The molecular weight excluding hydrogens is 332 g/mol. The van der Waals surface area contributed by atoms with Crippen molar-refractivity contribution in [3.63, 3.8) is 0 Å². The topological polar surface area (TPSA) is 56.0 Å². The predicted molar refractivity (Wildman–Crippen MR) is 94.3 cm³/mol. The van der Waals surface area contributed by atoms with Crippen LogP contribution in [0.2, 0.25) is 0 Å². The van der Waals surface area contributed by atoms with Crippen LogP contribution in [0.5, 0.6) is 17.4 Å². The van der Waals surface area contributed by atoms with Crippen molar-refractivity contribution in [2.75, 3.05) is 13.2 Å². The fourth-order valence-electron chi connectivity index (χ4n) is 2.27. The minimum Gasteiger partial charge on any atom is -0.493 e. The van der Waals surface area contributed by atoms with Crippen molar-refractivity contribution in [1.29, 1.82) is 0 Å². The molecule has 122 valence electrons. The molecule has 5 nitrogen and oxygen atoms in total. The Morgan fingerprint density at radius 2 is 2.09 bits per heavy atom. The van der Waals surface area contributed by atoms with E-state index in [9.17, 15) is 5.11 Å². The van der Waals surface area contributed by atoms with Crippen LogP contribution in [0.15, 0.2) is 23.2 Å². The standard InChI is InChI=1S/C16H18N2O3S2/c1-10(2)9-18-15(19)14(23-16(18)22)8-17-11-3-4-12-13(7-11)21-6-5-20-12/h3-4,7-8,10,19H,5-6,9H2,1-2H3. The molecule has 2 aromatic rings. The van der Waals surface area contributed by atoms with Gasteiger partial charge in [0, 0.05) is 12.6 Å². The second-order valence-corrected chi connectivity index (χ2v) is 7.32. The molecule has 1 aromatic carbocycles. The van der Waals surface area contributed by atoms with E-state index in [1.54, 1.807) is 10.8 Å². The third-order valence-electron chi connectivity index (χ3n) is 3.30. The molecule has 0 unspecified atom stereocenters. The lowest BCUT2D eigenvalue weighted by Crippen LogP contribution is -2.14. The summed E-state index contributed by atoms with van der Waals surface area (Å²) >= 11 is 6.67. The largest absolute Gasteiger partial charge is 0.493 e. The third-order valence-corrected chi connectivity index (χ3v) is 4.67. The average molecular weight is 350 g/mol. The van der Waals surface area contributed by atoms with Gasteiger partial charge in [-0.3, -0.25) is 9.56 Å². The number of hydrogen-bond donors (Lipinski definition) is 1. The van der Waals surface area contributed by atoms with Crippen LogP contribution in [0.25, 0.3) is 0 Å². The number of rotatable bonds is 4. The SMILES string of the molecule is CC(C)Cn1c(O)c(C=Nc2ccc3c(c2)OCCO3)sc1=S. The van der Waals surface area contributed by atoms with Gasteiger partial charge in [0.2, 0.25) is 5.88 Å². The monoisotopic (exact) mass is 350 g/mol. The average Bonchev–Trinajstić information content (AvgIpc) is 2.80. The summed E-state index contributed by atoms with van der Waals surface area (Å²) in [6.45, 7) is 5.97. The Morgan fingerprint density at radius 1 is 1.35 bits per heavy atom. The smallest absolute Gasteiger partial charge is 0.212 e. The Morgan fingerprint density at radius 3 is 2.83 bits per heavy atom. The molecule has 0 radical (unpaired) electrons. The number of nitrogens with zero attached hydrogens (tertiary/aromatic N) is 2. The van der Waals surface area contributed by atoms with Crippen molar-refractivity contribution in [3.8, 4) is 17.4 Å². The van der Waals surface area contributed by atoms with Crippen LogP contribution < -0.4 is 9.47 Å². The Balaban J connectivity index is 1.84. The molecule has 0 bridgehead atoms. The van der Waals surface area contributed by atoms with Crippen molar-refractivity contribution in [1.82, 2.24) is 4.57 Å². The molecule has 1 N–H and O–H groups in total. The maximum absolute atomic E-state index is 10.3. The van der Waals surface area contributed by atoms with Gasteiger partial charge in [-0.25, -0.2) is 0 Å².